The van der Waals surface area contributed by atoms with Gasteiger partial charge in [-0.05, 0) is 24.1 Å². The summed E-state index contributed by atoms with van der Waals surface area (Å²) in [6.07, 6.45) is -17.5. The van der Waals surface area contributed by atoms with Gasteiger partial charge in [0.25, 0.3) is 5.60 Å². The van der Waals surface area contributed by atoms with Gasteiger partial charge in [0.05, 0.1) is 0 Å². The van der Waals surface area contributed by atoms with E-state index >= 15 is 0 Å². The van der Waals surface area contributed by atoms with E-state index in [0.717, 1.165) is 0 Å². The second kappa shape index (κ2) is 5.90. The van der Waals surface area contributed by atoms with Gasteiger partial charge in [-0.2, -0.15) is 39.5 Å². The number of rotatable bonds is 3. The molecule has 142 valence electrons. The van der Waals surface area contributed by atoms with Crippen LogP contribution >= 0.6 is 0 Å². The predicted molar refractivity (Wildman–Crippen MR) is 68.2 cm³/mol. The van der Waals surface area contributed by atoms with Crippen molar-refractivity contribution in [3.8, 4) is 0 Å². The van der Waals surface area contributed by atoms with E-state index in [1.807, 2.05) is 0 Å². The van der Waals surface area contributed by atoms with Gasteiger partial charge >= 0.3 is 18.5 Å². The molecule has 1 rings (SSSR count). The molecule has 1 aromatic rings. The largest absolute Gasteiger partial charge is 0.430 e. The number of benzene rings is 1. The lowest BCUT2D eigenvalue weighted by Crippen LogP contribution is -2.54. The maximum Gasteiger partial charge on any atom is 0.430 e. The van der Waals surface area contributed by atoms with Gasteiger partial charge in [0, 0.05) is 5.56 Å². The Balaban J connectivity index is 3.86. The van der Waals surface area contributed by atoms with Crippen LogP contribution in [0.5, 0.6) is 0 Å². The minimum Gasteiger partial charge on any atom is -0.376 e. The maximum absolute atomic E-state index is 13.0. The van der Waals surface area contributed by atoms with Gasteiger partial charge in [0.2, 0.25) is 0 Å². The van der Waals surface area contributed by atoms with E-state index in [-0.39, 0.29) is 13.0 Å². The highest BCUT2D eigenvalue weighted by atomic mass is 19.4. The average Bonchev–Trinajstić information content (AvgIpc) is 2.41. The molecule has 0 radical (unpaired) electrons. The van der Waals surface area contributed by atoms with Gasteiger partial charge < -0.3 is 10.2 Å². The first kappa shape index (κ1) is 21.3. The lowest BCUT2D eigenvalue weighted by molar-refractivity contribution is -0.376. The van der Waals surface area contributed by atoms with Gasteiger partial charge in [0.15, 0.2) is 5.60 Å². The number of hydrogen-bond acceptors (Lipinski definition) is 2. The van der Waals surface area contributed by atoms with Gasteiger partial charge in [-0.25, -0.2) is 0 Å². The highest BCUT2D eigenvalue weighted by molar-refractivity contribution is 5.56. The zero-order valence-electron chi connectivity index (χ0n) is 12.3. The minimum atomic E-state index is -6.30. The van der Waals surface area contributed by atoms with Crippen molar-refractivity contribution in [3.05, 3.63) is 41.5 Å². The van der Waals surface area contributed by atoms with Gasteiger partial charge in [-0.1, -0.05) is 24.8 Å². The second-order valence-electron chi connectivity index (χ2n) is 5.28. The molecule has 2 N–H and O–H groups in total. The summed E-state index contributed by atoms with van der Waals surface area (Å²) < 4.78 is 116. The molecule has 0 heterocycles. The van der Waals surface area contributed by atoms with Crippen LogP contribution in [0.4, 0.5) is 39.5 Å². The number of hydrogen-bond donors (Lipinski definition) is 2. The van der Waals surface area contributed by atoms with E-state index in [1.165, 1.54) is 0 Å². The predicted octanol–water partition coefficient (Wildman–Crippen LogP) is 4.41. The zero-order valence-corrected chi connectivity index (χ0v) is 12.3. The van der Waals surface area contributed by atoms with Crippen molar-refractivity contribution < 1.29 is 49.7 Å². The fourth-order valence-electron chi connectivity index (χ4n) is 1.98. The molecular weight excluding hydrogens is 371 g/mol. The Bertz CT molecular complexity index is 640. The Morgan fingerprint density at radius 2 is 1.28 bits per heavy atom. The summed E-state index contributed by atoms with van der Waals surface area (Å²) >= 11 is 0. The fourth-order valence-corrected chi connectivity index (χ4v) is 1.98. The van der Waals surface area contributed by atoms with Crippen molar-refractivity contribution in [1.29, 1.82) is 0 Å². The van der Waals surface area contributed by atoms with E-state index < -0.39 is 46.4 Å². The van der Waals surface area contributed by atoms with E-state index in [0.29, 0.717) is 18.2 Å². The lowest BCUT2D eigenvalue weighted by atomic mass is 9.83. The smallest absolute Gasteiger partial charge is 0.376 e. The molecule has 25 heavy (non-hydrogen) atoms. The Morgan fingerprint density at radius 3 is 1.60 bits per heavy atom. The summed E-state index contributed by atoms with van der Waals surface area (Å²) in [6.45, 7) is 3.13. The van der Waals surface area contributed by atoms with Crippen LogP contribution in [-0.2, 0) is 11.2 Å². The zero-order chi connectivity index (χ0) is 20.1. The quantitative estimate of drug-likeness (QED) is 0.761. The second-order valence-corrected chi connectivity index (χ2v) is 5.28. The van der Waals surface area contributed by atoms with Crippen LogP contribution in [0.2, 0.25) is 0 Å². The molecule has 0 saturated carbocycles. The monoisotopic (exact) mass is 382 g/mol. The lowest BCUT2D eigenvalue weighted by Gasteiger charge is -2.35. The SMILES string of the molecule is C=Cc1ccc(C(C)(O)C(F)(F)F)cc1C(O)(C(F)(F)F)C(F)(F)F. The van der Waals surface area contributed by atoms with Crippen LogP contribution < -0.4 is 0 Å². The first-order valence-corrected chi connectivity index (χ1v) is 6.33. The normalized spacial score (nSPS) is 16.5. The summed E-state index contributed by atoms with van der Waals surface area (Å²) in [5, 5.41) is 18.9. The first-order valence-electron chi connectivity index (χ1n) is 6.33. The van der Waals surface area contributed by atoms with Crippen LogP contribution in [-0.4, -0.2) is 28.7 Å². The van der Waals surface area contributed by atoms with Crippen molar-refractivity contribution in [3.63, 3.8) is 0 Å². The third kappa shape index (κ3) is 3.34. The minimum absolute atomic E-state index is 0.153. The molecule has 0 spiro atoms. The molecule has 0 aliphatic heterocycles. The van der Waals surface area contributed by atoms with Gasteiger partial charge in [-0.15, -0.1) is 0 Å². The summed E-state index contributed by atoms with van der Waals surface area (Å²) in [5.74, 6) is 0. The van der Waals surface area contributed by atoms with Crippen molar-refractivity contribution in [1.82, 2.24) is 0 Å². The summed E-state index contributed by atoms with van der Waals surface area (Å²) in [6, 6.07) is 0.757. The Hall–Kier alpha value is -1.75. The molecule has 1 aromatic carbocycles. The Labute approximate surface area is 135 Å². The van der Waals surface area contributed by atoms with E-state index in [1.54, 1.807) is 0 Å². The highest BCUT2D eigenvalue weighted by Crippen LogP contribution is 2.52. The van der Waals surface area contributed by atoms with E-state index in [4.69, 9.17) is 0 Å². The summed E-state index contributed by atoms with van der Waals surface area (Å²) in [4.78, 5) is 0. The molecule has 0 aromatic heterocycles. The molecular formula is C14H11F9O2. The van der Waals surface area contributed by atoms with Crippen molar-refractivity contribution >= 4 is 6.08 Å². The van der Waals surface area contributed by atoms with Crippen LogP contribution in [0.3, 0.4) is 0 Å². The van der Waals surface area contributed by atoms with E-state index in [9.17, 15) is 49.7 Å². The van der Waals surface area contributed by atoms with Crippen molar-refractivity contribution in [2.75, 3.05) is 0 Å². The van der Waals surface area contributed by atoms with Crippen LogP contribution in [0, 0.1) is 0 Å². The molecule has 0 bridgehead atoms. The topological polar surface area (TPSA) is 40.5 Å². The molecule has 0 amide bonds. The fraction of sp³-hybridized carbons (Fsp3) is 0.429. The Morgan fingerprint density at radius 1 is 0.840 bits per heavy atom. The van der Waals surface area contributed by atoms with Crippen molar-refractivity contribution in [2.24, 2.45) is 0 Å². The molecule has 1 atom stereocenters. The molecule has 0 saturated heterocycles. The van der Waals surface area contributed by atoms with E-state index in [2.05, 4.69) is 6.58 Å². The highest BCUT2D eigenvalue weighted by Gasteiger charge is 2.72. The average molecular weight is 382 g/mol. The third-order valence-corrected chi connectivity index (χ3v) is 3.60. The number of alkyl halides is 9. The van der Waals surface area contributed by atoms with Gasteiger partial charge in [0.1, 0.15) is 0 Å². The standard InChI is InChI=1S/C14H11F9O2/c1-3-7-4-5-8(10(2,24)12(15,16)17)6-9(7)11(25,13(18,19)20)14(21,22)23/h3-6,24-25H,1H2,2H3. The maximum atomic E-state index is 13.0. The van der Waals surface area contributed by atoms with Crippen molar-refractivity contribution in [2.45, 2.75) is 36.7 Å². The Kier molecular flexibility index (Phi) is 5.03. The van der Waals surface area contributed by atoms with Gasteiger partial charge in [-0.3, -0.25) is 0 Å². The molecule has 0 aliphatic rings. The summed E-state index contributed by atoms with van der Waals surface area (Å²) in [7, 11) is 0. The molecule has 2 nitrogen and oxygen atoms in total. The number of aliphatic hydroxyl groups is 2. The number of halogens is 9. The van der Waals surface area contributed by atoms with Crippen LogP contribution in [0.1, 0.15) is 23.6 Å². The molecule has 11 heteroatoms. The summed E-state index contributed by atoms with van der Waals surface area (Å²) in [5.41, 5.74) is -13.4. The third-order valence-electron chi connectivity index (χ3n) is 3.60. The molecule has 1 unspecified atom stereocenters. The first-order chi connectivity index (χ1) is 10.9. The molecule has 0 fully saturated rings. The molecule has 0 aliphatic carbocycles. The van der Waals surface area contributed by atoms with Crippen LogP contribution in [0.25, 0.3) is 6.08 Å². The van der Waals surface area contributed by atoms with Crippen LogP contribution in [0.15, 0.2) is 24.8 Å².